The first-order valence-electron chi connectivity index (χ1n) is 6.80. The maximum Gasteiger partial charge on any atom is 0.131 e. The molecule has 5 heteroatoms. The number of rotatable bonds is 6. The van der Waals surface area contributed by atoms with Gasteiger partial charge in [-0.3, -0.25) is 0 Å². The van der Waals surface area contributed by atoms with E-state index in [0.717, 1.165) is 24.6 Å². The van der Waals surface area contributed by atoms with Crippen molar-refractivity contribution in [1.82, 2.24) is 15.3 Å². The molecule has 0 aromatic carbocycles. The Morgan fingerprint density at radius 1 is 1.39 bits per heavy atom. The summed E-state index contributed by atoms with van der Waals surface area (Å²) in [5.41, 5.74) is 0. The highest BCUT2D eigenvalue weighted by molar-refractivity contribution is 5.46. The smallest absolute Gasteiger partial charge is 0.131 e. The summed E-state index contributed by atoms with van der Waals surface area (Å²) < 4.78 is 0. The molecule has 1 saturated heterocycles. The SMILES string of the molecule is CC(C)Nc1cc(NCCC2CCCN2)ncn1. The molecule has 1 aromatic heterocycles. The molecule has 0 aliphatic carbocycles. The molecule has 100 valence electrons. The Balaban J connectivity index is 1.77. The van der Waals surface area contributed by atoms with Gasteiger partial charge in [-0.2, -0.15) is 0 Å². The number of nitrogens with one attached hydrogen (secondary N) is 3. The minimum atomic E-state index is 0.385. The minimum absolute atomic E-state index is 0.385. The average molecular weight is 249 g/mol. The van der Waals surface area contributed by atoms with Gasteiger partial charge >= 0.3 is 0 Å². The number of aromatic nitrogens is 2. The van der Waals surface area contributed by atoms with Crippen molar-refractivity contribution in [1.29, 1.82) is 0 Å². The summed E-state index contributed by atoms with van der Waals surface area (Å²) >= 11 is 0. The van der Waals surface area contributed by atoms with Gasteiger partial charge in [0.25, 0.3) is 0 Å². The van der Waals surface area contributed by atoms with E-state index in [1.807, 2.05) is 6.07 Å². The predicted octanol–water partition coefficient (Wildman–Crippen LogP) is 1.85. The van der Waals surface area contributed by atoms with Gasteiger partial charge < -0.3 is 16.0 Å². The molecule has 0 bridgehead atoms. The Kier molecular flexibility index (Phi) is 4.75. The second-order valence-electron chi connectivity index (χ2n) is 5.10. The zero-order valence-electron chi connectivity index (χ0n) is 11.2. The van der Waals surface area contributed by atoms with Gasteiger partial charge in [-0.1, -0.05) is 0 Å². The van der Waals surface area contributed by atoms with Crippen molar-refractivity contribution in [2.45, 2.75) is 45.2 Å². The molecule has 0 radical (unpaired) electrons. The first kappa shape index (κ1) is 13.1. The van der Waals surface area contributed by atoms with Crippen molar-refractivity contribution >= 4 is 11.6 Å². The Hall–Kier alpha value is -1.36. The Morgan fingerprint density at radius 3 is 2.94 bits per heavy atom. The highest BCUT2D eigenvalue weighted by Crippen LogP contribution is 2.11. The van der Waals surface area contributed by atoms with Gasteiger partial charge in [0.05, 0.1) is 0 Å². The summed E-state index contributed by atoms with van der Waals surface area (Å²) in [7, 11) is 0. The third kappa shape index (κ3) is 4.14. The molecule has 2 rings (SSSR count). The normalized spacial score (nSPS) is 19.2. The van der Waals surface area contributed by atoms with Crippen LogP contribution in [0.4, 0.5) is 11.6 Å². The van der Waals surface area contributed by atoms with E-state index in [2.05, 4.69) is 39.8 Å². The van der Waals surface area contributed by atoms with Crippen LogP contribution in [-0.2, 0) is 0 Å². The topological polar surface area (TPSA) is 61.9 Å². The summed E-state index contributed by atoms with van der Waals surface area (Å²) in [4.78, 5) is 8.42. The van der Waals surface area contributed by atoms with Gasteiger partial charge in [-0.05, 0) is 39.7 Å². The first-order valence-corrected chi connectivity index (χ1v) is 6.80. The standard InChI is InChI=1S/C13H23N5/c1-10(2)18-13-8-12(16-9-17-13)15-7-5-11-4-3-6-14-11/h8-11,14H,3-7H2,1-2H3,(H2,15,16,17,18). The zero-order valence-corrected chi connectivity index (χ0v) is 11.2. The monoisotopic (exact) mass is 249 g/mol. The van der Waals surface area contributed by atoms with E-state index in [1.165, 1.54) is 19.4 Å². The largest absolute Gasteiger partial charge is 0.370 e. The molecule has 1 fully saturated rings. The number of hydrogen-bond acceptors (Lipinski definition) is 5. The fourth-order valence-electron chi connectivity index (χ4n) is 2.21. The molecule has 0 spiro atoms. The molecule has 1 unspecified atom stereocenters. The van der Waals surface area contributed by atoms with Gasteiger partial charge in [0.2, 0.25) is 0 Å². The van der Waals surface area contributed by atoms with Crippen LogP contribution < -0.4 is 16.0 Å². The second kappa shape index (κ2) is 6.54. The van der Waals surface area contributed by atoms with Crippen LogP contribution in [0.2, 0.25) is 0 Å². The van der Waals surface area contributed by atoms with Crippen LogP contribution in [0.5, 0.6) is 0 Å². The maximum absolute atomic E-state index is 4.23. The second-order valence-corrected chi connectivity index (χ2v) is 5.10. The van der Waals surface area contributed by atoms with Crippen molar-refractivity contribution in [2.75, 3.05) is 23.7 Å². The molecule has 1 aliphatic heterocycles. The minimum Gasteiger partial charge on any atom is -0.370 e. The lowest BCUT2D eigenvalue weighted by atomic mass is 10.1. The summed E-state index contributed by atoms with van der Waals surface area (Å²) in [6.45, 7) is 6.32. The van der Waals surface area contributed by atoms with Crippen LogP contribution in [0.3, 0.4) is 0 Å². The van der Waals surface area contributed by atoms with Gasteiger partial charge in [0, 0.05) is 24.7 Å². The summed E-state index contributed by atoms with van der Waals surface area (Å²) in [5.74, 6) is 1.77. The van der Waals surface area contributed by atoms with Crippen LogP contribution in [-0.4, -0.2) is 35.1 Å². The maximum atomic E-state index is 4.23. The number of hydrogen-bond donors (Lipinski definition) is 3. The fraction of sp³-hybridized carbons (Fsp3) is 0.692. The lowest BCUT2D eigenvalue weighted by Gasteiger charge is -2.12. The molecule has 5 nitrogen and oxygen atoms in total. The summed E-state index contributed by atoms with van der Waals surface area (Å²) in [6.07, 6.45) is 5.35. The predicted molar refractivity (Wildman–Crippen MR) is 74.9 cm³/mol. The van der Waals surface area contributed by atoms with E-state index >= 15 is 0 Å². The van der Waals surface area contributed by atoms with Gasteiger partial charge in [0.1, 0.15) is 18.0 Å². The van der Waals surface area contributed by atoms with Gasteiger partial charge in [0.15, 0.2) is 0 Å². The quantitative estimate of drug-likeness (QED) is 0.718. The molecular weight excluding hydrogens is 226 g/mol. The van der Waals surface area contributed by atoms with Crippen molar-refractivity contribution in [3.63, 3.8) is 0 Å². The lowest BCUT2D eigenvalue weighted by Crippen LogP contribution is -2.24. The van der Waals surface area contributed by atoms with E-state index in [-0.39, 0.29) is 0 Å². The molecular formula is C13H23N5. The first-order chi connectivity index (χ1) is 8.74. The van der Waals surface area contributed by atoms with Crippen LogP contribution in [0.1, 0.15) is 33.1 Å². The van der Waals surface area contributed by atoms with Gasteiger partial charge in [-0.15, -0.1) is 0 Å². The summed E-state index contributed by atoms with van der Waals surface area (Å²) in [5, 5.41) is 10.1. The lowest BCUT2D eigenvalue weighted by molar-refractivity contribution is 0.574. The molecule has 18 heavy (non-hydrogen) atoms. The Morgan fingerprint density at radius 2 is 2.22 bits per heavy atom. The Labute approximate surface area is 109 Å². The van der Waals surface area contributed by atoms with Gasteiger partial charge in [-0.25, -0.2) is 9.97 Å². The molecule has 0 amide bonds. The molecule has 1 atom stereocenters. The van der Waals surface area contributed by atoms with E-state index in [1.54, 1.807) is 6.33 Å². The highest BCUT2D eigenvalue weighted by Gasteiger charge is 2.12. The van der Waals surface area contributed by atoms with E-state index in [0.29, 0.717) is 12.1 Å². The summed E-state index contributed by atoms with van der Waals surface area (Å²) in [6, 6.07) is 3.02. The molecule has 3 N–H and O–H groups in total. The highest BCUT2D eigenvalue weighted by atomic mass is 15.1. The van der Waals surface area contributed by atoms with Crippen molar-refractivity contribution in [3.05, 3.63) is 12.4 Å². The zero-order chi connectivity index (χ0) is 12.8. The third-order valence-electron chi connectivity index (χ3n) is 3.06. The van der Waals surface area contributed by atoms with E-state index in [9.17, 15) is 0 Å². The Bertz CT molecular complexity index is 360. The molecule has 2 heterocycles. The van der Waals surface area contributed by atoms with Crippen LogP contribution in [0.15, 0.2) is 12.4 Å². The van der Waals surface area contributed by atoms with Crippen LogP contribution in [0.25, 0.3) is 0 Å². The van der Waals surface area contributed by atoms with Crippen LogP contribution in [0, 0.1) is 0 Å². The van der Waals surface area contributed by atoms with Crippen molar-refractivity contribution in [3.8, 4) is 0 Å². The molecule has 1 aromatic rings. The van der Waals surface area contributed by atoms with Crippen molar-refractivity contribution in [2.24, 2.45) is 0 Å². The fourth-order valence-corrected chi connectivity index (χ4v) is 2.21. The average Bonchev–Trinajstić information content (AvgIpc) is 2.82. The third-order valence-corrected chi connectivity index (χ3v) is 3.06. The molecule has 1 aliphatic rings. The van der Waals surface area contributed by atoms with Crippen molar-refractivity contribution < 1.29 is 0 Å². The number of nitrogens with zero attached hydrogens (tertiary/aromatic N) is 2. The van der Waals surface area contributed by atoms with E-state index < -0.39 is 0 Å². The van der Waals surface area contributed by atoms with E-state index in [4.69, 9.17) is 0 Å². The number of anilines is 2. The molecule has 0 saturated carbocycles. The van der Waals surface area contributed by atoms with Crippen LogP contribution >= 0.6 is 0 Å².